The fourth-order valence-electron chi connectivity index (χ4n) is 2.23. The number of hydrogen-bond donors (Lipinski definition) is 0. The first-order chi connectivity index (χ1) is 9.54. The van der Waals surface area contributed by atoms with Crippen molar-refractivity contribution in [3.8, 4) is 0 Å². The average Bonchev–Trinajstić information content (AvgIpc) is 2.05. The fraction of sp³-hybridized carbons (Fsp3) is 1.00. The molecule has 0 saturated heterocycles. The van der Waals surface area contributed by atoms with E-state index in [1.54, 1.807) is 0 Å². The predicted molar refractivity (Wildman–Crippen MR) is 107 cm³/mol. The summed E-state index contributed by atoms with van der Waals surface area (Å²) in [4.78, 5) is 2.22. The van der Waals surface area contributed by atoms with E-state index in [0.29, 0.717) is 0 Å². The molecule has 0 amide bonds. The minimum atomic E-state index is -2.61. The molecule has 0 unspecified atom stereocenters. The average molecular weight is 382 g/mol. The molecule has 0 spiro atoms. The van der Waals surface area contributed by atoms with E-state index in [4.69, 9.17) is 12.3 Å². The molecule has 0 radical (unpaired) electrons. The van der Waals surface area contributed by atoms with Crippen LogP contribution in [0.2, 0.25) is 65.0 Å². The summed E-state index contributed by atoms with van der Waals surface area (Å²) in [6.07, 6.45) is 1.07. The third kappa shape index (κ3) is 12.2. The molecule has 0 aliphatic heterocycles. The van der Waals surface area contributed by atoms with Crippen molar-refractivity contribution in [1.29, 1.82) is 0 Å². The van der Waals surface area contributed by atoms with E-state index in [1.807, 2.05) is 0 Å². The standard InChI is InChI=1S/C14H39NO3Si4/c1-15(2)13-12-14-22(16-19(3,4)5,17-20(6,7)8)18-21(9,10)11/h12-14H2,1-11H3. The largest absolute Gasteiger partial charge is 0.469 e. The first kappa shape index (κ1) is 22.7. The van der Waals surface area contributed by atoms with E-state index in [1.165, 1.54) is 0 Å². The monoisotopic (exact) mass is 381 g/mol. The van der Waals surface area contributed by atoms with Gasteiger partial charge in [-0.05, 0) is 86.0 Å². The van der Waals surface area contributed by atoms with Gasteiger partial charge in [-0.3, -0.25) is 0 Å². The van der Waals surface area contributed by atoms with E-state index in [0.717, 1.165) is 19.0 Å². The van der Waals surface area contributed by atoms with Crippen LogP contribution in [-0.4, -0.2) is 59.3 Å². The summed E-state index contributed by atoms with van der Waals surface area (Å²) in [5, 5.41) is 0. The lowest BCUT2D eigenvalue weighted by Gasteiger charge is -2.43. The van der Waals surface area contributed by atoms with Crippen molar-refractivity contribution in [3.63, 3.8) is 0 Å². The smallest absolute Gasteiger partial charge is 0.417 e. The fourth-order valence-corrected chi connectivity index (χ4v) is 16.9. The quantitative estimate of drug-likeness (QED) is 0.524. The predicted octanol–water partition coefficient (Wildman–Crippen LogP) is 4.43. The summed E-state index contributed by atoms with van der Waals surface area (Å²) in [6.45, 7) is 21.2. The van der Waals surface area contributed by atoms with Crippen LogP contribution in [0, 0.1) is 0 Å². The van der Waals surface area contributed by atoms with Crippen LogP contribution in [0.3, 0.4) is 0 Å². The maximum atomic E-state index is 6.64. The molecule has 0 bridgehead atoms. The highest BCUT2D eigenvalue weighted by molar-refractivity contribution is 6.90. The number of rotatable bonds is 10. The zero-order valence-electron chi connectivity index (χ0n) is 16.8. The third-order valence-electron chi connectivity index (χ3n) is 2.47. The van der Waals surface area contributed by atoms with Crippen LogP contribution in [-0.2, 0) is 12.3 Å². The molecule has 0 atom stereocenters. The topological polar surface area (TPSA) is 30.9 Å². The minimum Gasteiger partial charge on any atom is -0.417 e. The summed E-state index contributed by atoms with van der Waals surface area (Å²) < 4.78 is 19.9. The van der Waals surface area contributed by atoms with Gasteiger partial charge in [0.15, 0.2) is 25.0 Å². The lowest BCUT2D eigenvalue weighted by atomic mass is 10.5. The molecule has 8 heteroatoms. The maximum Gasteiger partial charge on any atom is 0.469 e. The molecule has 0 saturated carbocycles. The van der Waals surface area contributed by atoms with Gasteiger partial charge in [-0.2, -0.15) is 0 Å². The molecule has 0 aromatic carbocycles. The van der Waals surface area contributed by atoms with Crippen molar-refractivity contribution in [2.24, 2.45) is 0 Å². The van der Waals surface area contributed by atoms with Crippen LogP contribution in [0.5, 0.6) is 0 Å². The van der Waals surface area contributed by atoms with Crippen LogP contribution < -0.4 is 0 Å². The lowest BCUT2D eigenvalue weighted by Crippen LogP contribution is -2.60. The minimum absolute atomic E-state index is 0.935. The second kappa shape index (κ2) is 8.19. The highest BCUT2D eigenvalue weighted by atomic mass is 28.5. The molecule has 0 N–H and O–H groups in total. The van der Waals surface area contributed by atoms with E-state index in [9.17, 15) is 0 Å². The molecule has 0 aromatic rings. The second-order valence-corrected chi connectivity index (χ2v) is 26.2. The molecule has 22 heavy (non-hydrogen) atoms. The molecule has 0 aromatic heterocycles. The van der Waals surface area contributed by atoms with Gasteiger partial charge in [-0.25, -0.2) is 0 Å². The van der Waals surface area contributed by atoms with Gasteiger partial charge < -0.3 is 17.2 Å². The number of nitrogens with zero attached hydrogens (tertiary/aromatic N) is 1. The Kier molecular flexibility index (Phi) is 8.46. The van der Waals surface area contributed by atoms with E-state index in [2.05, 4.69) is 77.9 Å². The van der Waals surface area contributed by atoms with Gasteiger partial charge in [-0.15, -0.1) is 0 Å². The third-order valence-corrected chi connectivity index (χ3v) is 14.5. The molecule has 0 aliphatic rings. The summed E-state index contributed by atoms with van der Waals surface area (Å²) in [5.41, 5.74) is 0. The Morgan fingerprint density at radius 2 is 0.955 bits per heavy atom. The van der Waals surface area contributed by atoms with Gasteiger partial charge in [-0.1, -0.05) is 0 Å². The highest BCUT2D eigenvalue weighted by Crippen LogP contribution is 2.29. The second-order valence-electron chi connectivity index (χ2n) is 9.23. The Labute approximate surface area is 143 Å². The van der Waals surface area contributed by atoms with Crippen LogP contribution >= 0.6 is 0 Å². The van der Waals surface area contributed by atoms with Crippen molar-refractivity contribution < 1.29 is 12.3 Å². The Morgan fingerprint density at radius 1 is 0.636 bits per heavy atom. The summed E-state index contributed by atoms with van der Waals surface area (Å²) in [6, 6.07) is 0.935. The van der Waals surface area contributed by atoms with Crippen molar-refractivity contribution in [2.45, 2.75) is 71.4 Å². The molecule has 0 heterocycles. The van der Waals surface area contributed by atoms with E-state index in [-0.39, 0.29) is 0 Å². The zero-order valence-corrected chi connectivity index (χ0v) is 20.8. The summed E-state index contributed by atoms with van der Waals surface area (Å²) in [5.74, 6) is 0. The molecular weight excluding hydrogens is 343 g/mol. The van der Waals surface area contributed by atoms with Crippen LogP contribution in [0.15, 0.2) is 0 Å². The van der Waals surface area contributed by atoms with E-state index < -0.39 is 33.8 Å². The Bertz CT molecular complexity index is 292. The molecule has 0 fully saturated rings. The van der Waals surface area contributed by atoms with Crippen molar-refractivity contribution in [3.05, 3.63) is 0 Å². The molecule has 0 aliphatic carbocycles. The summed E-state index contributed by atoms with van der Waals surface area (Å²) in [7, 11) is -3.57. The van der Waals surface area contributed by atoms with Crippen molar-refractivity contribution in [2.75, 3.05) is 20.6 Å². The Hall–Kier alpha value is 0.708. The van der Waals surface area contributed by atoms with Crippen LogP contribution in [0.4, 0.5) is 0 Å². The lowest BCUT2D eigenvalue weighted by molar-refractivity contribution is 0.247. The zero-order chi connectivity index (χ0) is 17.8. The van der Waals surface area contributed by atoms with Gasteiger partial charge in [0.1, 0.15) is 0 Å². The molecule has 134 valence electrons. The van der Waals surface area contributed by atoms with Gasteiger partial charge in [0.2, 0.25) is 0 Å². The van der Waals surface area contributed by atoms with Crippen LogP contribution in [0.1, 0.15) is 6.42 Å². The normalized spacial score (nSPS) is 14.7. The van der Waals surface area contributed by atoms with Gasteiger partial charge in [0.05, 0.1) is 0 Å². The molecular formula is C14H39NO3Si4. The van der Waals surface area contributed by atoms with E-state index >= 15 is 0 Å². The first-order valence-electron chi connectivity index (χ1n) is 8.29. The Morgan fingerprint density at radius 3 is 1.18 bits per heavy atom. The van der Waals surface area contributed by atoms with Crippen molar-refractivity contribution in [1.82, 2.24) is 4.90 Å². The summed E-state index contributed by atoms with van der Waals surface area (Å²) >= 11 is 0. The van der Waals surface area contributed by atoms with Gasteiger partial charge in [0.25, 0.3) is 0 Å². The first-order valence-corrected chi connectivity index (χ1v) is 20.4. The van der Waals surface area contributed by atoms with Gasteiger partial charge in [0, 0.05) is 6.04 Å². The SMILES string of the molecule is CN(C)CCC[Si](O[Si](C)(C)C)(O[Si](C)(C)C)O[Si](C)(C)C. The number of hydrogen-bond acceptors (Lipinski definition) is 4. The maximum absolute atomic E-state index is 6.64. The van der Waals surface area contributed by atoms with Gasteiger partial charge >= 0.3 is 8.80 Å². The highest BCUT2D eigenvalue weighted by Gasteiger charge is 2.49. The molecule has 4 nitrogen and oxygen atoms in total. The Balaban J connectivity index is 5.39. The van der Waals surface area contributed by atoms with Crippen LogP contribution in [0.25, 0.3) is 0 Å². The molecule has 0 rings (SSSR count). The van der Waals surface area contributed by atoms with Crippen molar-refractivity contribution >= 4 is 33.8 Å².